The molecule has 0 amide bonds. The highest BCUT2D eigenvalue weighted by Crippen LogP contribution is 2.13. The zero-order chi connectivity index (χ0) is 14.5. The van der Waals surface area contributed by atoms with Gasteiger partial charge in [-0.15, -0.1) is 0 Å². The van der Waals surface area contributed by atoms with Gasteiger partial charge in [-0.05, 0) is 39.3 Å². The maximum Gasteiger partial charge on any atom is 0.296 e. The summed E-state index contributed by atoms with van der Waals surface area (Å²) < 4.78 is 33.5. The first-order valence-electron chi connectivity index (χ1n) is 6.03. The topological polar surface area (TPSA) is 72.8 Å². The lowest BCUT2D eigenvalue weighted by molar-refractivity contribution is -0.176. The van der Waals surface area contributed by atoms with E-state index in [2.05, 4.69) is 0 Å². The molecule has 0 bridgehead atoms. The van der Waals surface area contributed by atoms with E-state index in [0.29, 0.717) is 6.42 Å². The van der Waals surface area contributed by atoms with E-state index in [1.54, 1.807) is 12.1 Å². The van der Waals surface area contributed by atoms with Crippen molar-refractivity contribution in [3.63, 3.8) is 0 Å². The molecule has 0 aliphatic carbocycles. The van der Waals surface area contributed by atoms with Crippen molar-refractivity contribution in [3.8, 4) is 0 Å². The van der Waals surface area contributed by atoms with Crippen LogP contribution in [0.3, 0.4) is 0 Å². The van der Waals surface area contributed by atoms with Crippen LogP contribution in [0.2, 0.25) is 0 Å². The average Bonchev–Trinajstić information content (AvgIpc) is 2.27. The van der Waals surface area contributed by atoms with E-state index in [1.807, 2.05) is 6.92 Å². The summed E-state index contributed by atoms with van der Waals surface area (Å²) in [6.45, 7) is 5.15. The molecule has 0 fully saturated rings. The van der Waals surface area contributed by atoms with E-state index < -0.39 is 15.9 Å². The number of benzene rings is 1. The predicted octanol–water partition coefficient (Wildman–Crippen LogP) is 1.84. The molecule has 5 nitrogen and oxygen atoms in total. The normalized spacial score (nSPS) is 12.6. The molecule has 0 saturated carbocycles. The molecule has 6 heteroatoms. The Labute approximate surface area is 114 Å². The number of hydrogen-bond acceptors (Lipinski definition) is 5. The number of hydrogen-bond donors (Lipinski definition) is 1. The van der Waals surface area contributed by atoms with E-state index in [-0.39, 0.29) is 18.1 Å². The van der Waals surface area contributed by atoms with Gasteiger partial charge in [-0.1, -0.05) is 17.7 Å². The molecule has 0 aliphatic heterocycles. The van der Waals surface area contributed by atoms with Gasteiger partial charge in [0.25, 0.3) is 10.1 Å². The number of aryl methyl sites for hydroxylation is 1. The van der Waals surface area contributed by atoms with Gasteiger partial charge < -0.3 is 9.84 Å². The molecule has 1 N–H and O–H groups in total. The molecular weight excluding hydrogens is 268 g/mol. The van der Waals surface area contributed by atoms with Crippen molar-refractivity contribution >= 4 is 10.1 Å². The Hall–Kier alpha value is -0.950. The third-order valence-electron chi connectivity index (χ3n) is 2.29. The maximum atomic E-state index is 11.8. The van der Waals surface area contributed by atoms with Gasteiger partial charge >= 0.3 is 0 Å². The van der Waals surface area contributed by atoms with Gasteiger partial charge in [0.2, 0.25) is 0 Å². The molecule has 0 aliphatic rings. The van der Waals surface area contributed by atoms with Crippen molar-refractivity contribution in [1.82, 2.24) is 0 Å². The van der Waals surface area contributed by atoms with Crippen molar-refractivity contribution in [2.75, 3.05) is 13.2 Å². The second-order valence-electron chi connectivity index (χ2n) is 4.74. The second kappa shape index (κ2) is 6.47. The molecule has 0 heterocycles. The zero-order valence-electron chi connectivity index (χ0n) is 11.4. The van der Waals surface area contributed by atoms with Crippen molar-refractivity contribution < 1.29 is 22.4 Å². The Morgan fingerprint density at radius 2 is 1.74 bits per heavy atom. The number of aliphatic hydroxyl groups is 1. The van der Waals surface area contributed by atoms with Crippen LogP contribution in [0.1, 0.15) is 25.8 Å². The highest BCUT2D eigenvalue weighted by atomic mass is 32.2. The Kier molecular flexibility index (Phi) is 5.49. The van der Waals surface area contributed by atoms with E-state index >= 15 is 0 Å². The highest BCUT2D eigenvalue weighted by molar-refractivity contribution is 7.86. The summed E-state index contributed by atoms with van der Waals surface area (Å²) in [7, 11) is -3.71. The monoisotopic (exact) mass is 288 g/mol. The van der Waals surface area contributed by atoms with Gasteiger partial charge in [-0.3, -0.25) is 4.18 Å². The largest absolute Gasteiger partial charge is 0.366 e. The molecule has 0 unspecified atom stereocenters. The Bertz CT molecular complexity index is 485. The third-order valence-corrected chi connectivity index (χ3v) is 3.62. The van der Waals surface area contributed by atoms with Crippen LogP contribution >= 0.6 is 0 Å². The first-order chi connectivity index (χ1) is 8.71. The van der Waals surface area contributed by atoms with Crippen molar-refractivity contribution in [2.45, 2.75) is 37.9 Å². The average molecular weight is 288 g/mol. The SMILES string of the molecule is Cc1ccc(S(=O)(=O)OCCCOC(C)(C)O)cc1. The molecule has 0 atom stereocenters. The van der Waals surface area contributed by atoms with Crippen molar-refractivity contribution in [2.24, 2.45) is 0 Å². The van der Waals surface area contributed by atoms with Crippen LogP contribution in [-0.4, -0.2) is 32.5 Å². The Morgan fingerprint density at radius 3 is 2.26 bits per heavy atom. The van der Waals surface area contributed by atoms with Crippen LogP contribution in [0.15, 0.2) is 29.2 Å². The molecule has 1 aromatic carbocycles. The smallest absolute Gasteiger partial charge is 0.296 e. The lowest BCUT2D eigenvalue weighted by Crippen LogP contribution is -2.24. The van der Waals surface area contributed by atoms with Gasteiger partial charge in [0.15, 0.2) is 5.79 Å². The van der Waals surface area contributed by atoms with Gasteiger partial charge in [-0.2, -0.15) is 8.42 Å². The Morgan fingerprint density at radius 1 is 1.16 bits per heavy atom. The minimum Gasteiger partial charge on any atom is -0.366 e. The Balaban J connectivity index is 2.42. The fourth-order valence-electron chi connectivity index (χ4n) is 1.32. The minimum absolute atomic E-state index is 0.0201. The summed E-state index contributed by atoms with van der Waals surface area (Å²) in [6, 6.07) is 6.46. The van der Waals surface area contributed by atoms with Crippen LogP contribution in [0.4, 0.5) is 0 Å². The second-order valence-corrected chi connectivity index (χ2v) is 6.35. The molecule has 19 heavy (non-hydrogen) atoms. The van der Waals surface area contributed by atoms with E-state index in [4.69, 9.17) is 8.92 Å². The van der Waals surface area contributed by atoms with Crippen LogP contribution in [0.25, 0.3) is 0 Å². The predicted molar refractivity (Wildman–Crippen MR) is 71.2 cm³/mol. The summed E-state index contributed by atoms with van der Waals surface area (Å²) in [6.07, 6.45) is 0.384. The third kappa shape index (κ3) is 6.15. The van der Waals surface area contributed by atoms with E-state index in [9.17, 15) is 13.5 Å². The van der Waals surface area contributed by atoms with Crippen LogP contribution in [0.5, 0.6) is 0 Å². The first-order valence-corrected chi connectivity index (χ1v) is 7.44. The molecule has 0 spiro atoms. The van der Waals surface area contributed by atoms with Gasteiger partial charge in [0.05, 0.1) is 18.1 Å². The number of ether oxygens (including phenoxy) is 1. The summed E-state index contributed by atoms with van der Waals surface area (Å²) in [5.41, 5.74) is 0.984. The molecule has 0 aromatic heterocycles. The fraction of sp³-hybridized carbons (Fsp3) is 0.538. The highest BCUT2D eigenvalue weighted by Gasteiger charge is 2.15. The molecule has 108 valence electrons. The fourth-order valence-corrected chi connectivity index (χ4v) is 2.27. The summed E-state index contributed by atoms with van der Waals surface area (Å²) in [5.74, 6) is -1.21. The summed E-state index contributed by atoms with van der Waals surface area (Å²) in [4.78, 5) is 0.140. The van der Waals surface area contributed by atoms with Gasteiger partial charge in [-0.25, -0.2) is 0 Å². The van der Waals surface area contributed by atoms with Crippen molar-refractivity contribution in [1.29, 1.82) is 0 Å². The first kappa shape index (κ1) is 16.1. The summed E-state index contributed by atoms with van der Waals surface area (Å²) >= 11 is 0. The van der Waals surface area contributed by atoms with Crippen LogP contribution in [-0.2, 0) is 19.0 Å². The lowest BCUT2D eigenvalue weighted by Gasteiger charge is -2.17. The van der Waals surface area contributed by atoms with Crippen molar-refractivity contribution in [3.05, 3.63) is 29.8 Å². The van der Waals surface area contributed by atoms with Crippen LogP contribution in [0, 0.1) is 6.92 Å². The maximum absolute atomic E-state index is 11.8. The number of rotatable bonds is 7. The standard InChI is InChI=1S/C13H20O5S/c1-11-5-7-12(8-6-11)19(15,16)18-10-4-9-17-13(2,3)14/h5-8,14H,4,9-10H2,1-3H3. The minimum atomic E-state index is -3.71. The van der Waals surface area contributed by atoms with Gasteiger partial charge in [0, 0.05) is 0 Å². The van der Waals surface area contributed by atoms with E-state index in [1.165, 1.54) is 26.0 Å². The molecule has 0 radical (unpaired) electrons. The van der Waals surface area contributed by atoms with Gasteiger partial charge in [0.1, 0.15) is 0 Å². The lowest BCUT2D eigenvalue weighted by atomic mass is 10.2. The quantitative estimate of drug-likeness (QED) is 0.471. The molecule has 0 saturated heterocycles. The van der Waals surface area contributed by atoms with E-state index in [0.717, 1.165) is 5.56 Å². The van der Waals surface area contributed by atoms with Crippen LogP contribution < -0.4 is 0 Å². The zero-order valence-corrected chi connectivity index (χ0v) is 12.2. The molecular formula is C13H20O5S. The molecule has 1 aromatic rings. The summed E-state index contributed by atoms with van der Waals surface area (Å²) in [5, 5.41) is 9.30. The molecule has 1 rings (SSSR count).